The van der Waals surface area contributed by atoms with Gasteiger partial charge in [0.05, 0.1) is 14.2 Å². The van der Waals surface area contributed by atoms with Crippen LogP contribution in [0.1, 0.15) is 19.9 Å². The zero-order valence-corrected chi connectivity index (χ0v) is 11.4. The summed E-state index contributed by atoms with van der Waals surface area (Å²) in [4.78, 5) is 22.8. The molecule has 0 aliphatic heterocycles. The van der Waals surface area contributed by atoms with Gasteiger partial charge in [-0.05, 0) is 13.8 Å². The number of aromatic nitrogens is 3. The molecule has 0 saturated carbocycles. The van der Waals surface area contributed by atoms with E-state index in [1.54, 1.807) is 18.4 Å². The highest BCUT2D eigenvalue weighted by molar-refractivity contribution is 8.00. The van der Waals surface area contributed by atoms with Gasteiger partial charge in [0.15, 0.2) is 5.16 Å². The molecule has 0 spiro atoms. The molecule has 0 fully saturated rings. The Morgan fingerprint density at radius 1 is 1.28 bits per heavy atom. The number of hydrogen-bond acceptors (Lipinski definition) is 7. The van der Waals surface area contributed by atoms with E-state index in [0.29, 0.717) is 5.16 Å². The lowest BCUT2D eigenvalue weighted by Crippen LogP contribution is -2.20. The predicted octanol–water partition coefficient (Wildman–Crippen LogP) is 0.666. The average molecular weight is 273 g/mol. The Hall–Kier alpha value is -1.57. The number of methoxy groups -OCH3 is 2. The van der Waals surface area contributed by atoms with E-state index in [2.05, 4.69) is 19.7 Å². The summed E-state index contributed by atoms with van der Waals surface area (Å²) in [5, 5.41) is 7.64. The summed E-state index contributed by atoms with van der Waals surface area (Å²) >= 11 is 1.17. The summed E-state index contributed by atoms with van der Waals surface area (Å²) in [5.74, 6) is -0.761. The van der Waals surface area contributed by atoms with Gasteiger partial charge in [0.2, 0.25) is 0 Å². The van der Waals surface area contributed by atoms with Crippen molar-refractivity contribution in [1.82, 2.24) is 14.8 Å². The molecule has 0 aromatic carbocycles. The molecule has 0 N–H and O–H groups in total. The van der Waals surface area contributed by atoms with Crippen LogP contribution >= 0.6 is 11.8 Å². The van der Waals surface area contributed by atoms with Crippen molar-refractivity contribution in [2.75, 3.05) is 14.2 Å². The van der Waals surface area contributed by atoms with Gasteiger partial charge < -0.3 is 9.47 Å². The molecule has 0 radical (unpaired) electrons. The van der Waals surface area contributed by atoms with Crippen molar-refractivity contribution in [2.45, 2.75) is 30.3 Å². The molecule has 1 heterocycles. The van der Waals surface area contributed by atoms with Crippen LogP contribution in [0.5, 0.6) is 0 Å². The Kier molecular flexibility index (Phi) is 5.14. The third-order valence-corrected chi connectivity index (χ3v) is 3.36. The molecule has 8 heteroatoms. The third-order valence-electron chi connectivity index (χ3n) is 2.32. The molecule has 2 atom stereocenters. The molecule has 1 aromatic heterocycles. The van der Waals surface area contributed by atoms with Crippen molar-refractivity contribution in [1.29, 1.82) is 0 Å². The van der Waals surface area contributed by atoms with E-state index in [1.165, 1.54) is 32.3 Å². The number of nitrogens with zero attached hydrogens (tertiary/aromatic N) is 3. The summed E-state index contributed by atoms with van der Waals surface area (Å²) in [7, 11) is 2.63. The van der Waals surface area contributed by atoms with E-state index < -0.39 is 17.3 Å². The third kappa shape index (κ3) is 3.22. The molecule has 1 aromatic rings. The van der Waals surface area contributed by atoms with E-state index in [9.17, 15) is 9.59 Å². The Labute approximate surface area is 109 Å². The molecular formula is C10H15N3O4S. The zero-order valence-electron chi connectivity index (χ0n) is 10.6. The quantitative estimate of drug-likeness (QED) is 0.575. The molecule has 0 aliphatic rings. The fourth-order valence-corrected chi connectivity index (χ4v) is 2.17. The Morgan fingerprint density at radius 2 is 1.89 bits per heavy atom. The highest BCUT2D eigenvalue weighted by atomic mass is 32.2. The van der Waals surface area contributed by atoms with E-state index in [4.69, 9.17) is 0 Å². The van der Waals surface area contributed by atoms with E-state index in [-0.39, 0.29) is 5.97 Å². The zero-order chi connectivity index (χ0) is 13.7. The second-order valence-corrected chi connectivity index (χ2v) is 4.81. The monoisotopic (exact) mass is 273 g/mol. The fourth-order valence-electron chi connectivity index (χ4n) is 1.24. The Balaban J connectivity index is 2.83. The molecule has 0 saturated heterocycles. The molecule has 7 nitrogen and oxygen atoms in total. The van der Waals surface area contributed by atoms with Gasteiger partial charge in [-0.2, -0.15) is 0 Å². The van der Waals surface area contributed by atoms with Gasteiger partial charge >= 0.3 is 11.9 Å². The molecular weight excluding hydrogens is 258 g/mol. The molecule has 0 unspecified atom stereocenters. The van der Waals surface area contributed by atoms with Crippen molar-refractivity contribution >= 4 is 23.7 Å². The summed E-state index contributed by atoms with van der Waals surface area (Å²) in [6.07, 6.45) is 1.42. The first-order chi connectivity index (χ1) is 8.51. The van der Waals surface area contributed by atoms with Gasteiger partial charge in [-0.25, -0.2) is 4.79 Å². The first-order valence-electron chi connectivity index (χ1n) is 5.23. The molecule has 0 bridgehead atoms. The number of hydrogen-bond donors (Lipinski definition) is 0. The van der Waals surface area contributed by atoms with Gasteiger partial charge in [-0.3, -0.25) is 9.36 Å². The minimum atomic E-state index is -0.544. The van der Waals surface area contributed by atoms with Gasteiger partial charge in [0.25, 0.3) is 0 Å². The summed E-state index contributed by atoms with van der Waals surface area (Å²) < 4.78 is 10.8. The maximum atomic E-state index is 11.4. The maximum absolute atomic E-state index is 11.4. The van der Waals surface area contributed by atoms with E-state index >= 15 is 0 Å². The van der Waals surface area contributed by atoms with Crippen molar-refractivity contribution < 1.29 is 19.1 Å². The van der Waals surface area contributed by atoms with Gasteiger partial charge in [-0.15, -0.1) is 10.2 Å². The molecule has 100 valence electrons. The summed E-state index contributed by atoms with van der Waals surface area (Å²) in [6, 6.07) is -0.544. The van der Waals surface area contributed by atoms with Crippen LogP contribution in [0.4, 0.5) is 0 Å². The second-order valence-electron chi connectivity index (χ2n) is 3.50. The molecule has 18 heavy (non-hydrogen) atoms. The average Bonchev–Trinajstić information content (AvgIpc) is 2.83. The minimum absolute atomic E-state index is 0.361. The number of esters is 2. The largest absolute Gasteiger partial charge is 0.468 e. The summed E-state index contributed by atoms with van der Waals surface area (Å²) in [5.41, 5.74) is 0. The van der Waals surface area contributed by atoms with Crippen LogP contribution in [0.15, 0.2) is 11.5 Å². The number of ether oxygens (including phenoxy) is 2. The topological polar surface area (TPSA) is 83.3 Å². The number of carbonyl (C=O) groups is 2. The normalized spacial score (nSPS) is 13.8. The van der Waals surface area contributed by atoms with E-state index in [0.717, 1.165) is 0 Å². The lowest BCUT2D eigenvalue weighted by Gasteiger charge is -2.14. The van der Waals surface area contributed by atoms with Crippen molar-refractivity contribution in [2.24, 2.45) is 0 Å². The molecule has 0 aliphatic carbocycles. The molecule has 0 amide bonds. The van der Waals surface area contributed by atoms with Crippen molar-refractivity contribution in [3.63, 3.8) is 0 Å². The number of carbonyl (C=O) groups excluding carboxylic acids is 2. The standard InChI is InChI=1S/C10H15N3O4S/c1-6(8(14)16-3)13-5-11-12-10(13)18-7(2)9(15)17-4/h5-7H,1-4H3/t6-,7+/m0/s1. The van der Waals surface area contributed by atoms with Crippen molar-refractivity contribution in [3.05, 3.63) is 6.33 Å². The lowest BCUT2D eigenvalue weighted by molar-refractivity contribution is -0.144. The highest BCUT2D eigenvalue weighted by Gasteiger charge is 2.23. The van der Waals surface area contributed by atoms with Gasteiger partial charge in [0.1, 0.15) is 17.6 Å². The summed E-state index contributed by atoms with van der Waals surface area (Å²) in [6.45, 7) is 3.36. The Morgan fingerprint density at radius 3 is 2.44 bits per heavy atom. The van der Waals surface area contributed by atoms with Crippen LogP contribution < -0.4 is 0 Å². The van der Waals surface area contributed by atoms with Crippen LogP contribution in [-0.4, -0.2) is 46.2 Å². The van der Waals surface area contributed by atoms with Crippen LogP contribution in [0.2, 0.25) is 0 Å². The first-order valence-corrected chi connectivity index (χ1v) is 6.11. The highest BCUT2D eigenvalue weighted by Crippen LogP contribution is 2.24. The number of rotatable bonds is 5. The SMILES string of the molecule is COC(=O)[C@@H](C)Sc1nncn1[C@@H](C)C(=O)OC. The van der Waals surface area contributed by atoms with Gasteiger partial charge in [0, 0.05) is 0 Å². The molecule has 1 rings (SSSR count). The fraction of sp³-hybridized carbons (Fsp3) is 0.600. The smallest absolute Gasteiger partial charge is 0.328 e. The minimum Gasteiger partial charge on any atom is -0.468 e. The van der Waals surface area contributed by atoms with Gasteiger partial charge in [-0.1, -0.05) is 11.8 Å². The predicted molar refractivity (Wildman–Crippen MR) is 64.1 cm³/mol. The van der Waals surface area contributed by atoms with E-state index in [1.807, 2.05) is 0 Å². The van der Waals surface area contributed by atoms with Crippen LogP contribution in [0.25, 0.3) is 0 Å². The second kappa shape index (κ2) is 6.39. The number of thioether (sulfide) groups is 1. The van der Waals surface area contributed by atoms with Crippen molar-refractivity contribution in [3.8, 4) is 0 Å². The Bertz CT molecular complexity index is 435. The van der Waals surface area contributed by atoms with Crippen LogP contribution in [-0.2, 0) is 19.1 Å². The van der Waals surface area contributed by atoms with Crippen LogP contribution in [0, 0.1) is 0 Å². The van der Waals surface area contributed by atoms with Crippen LogP contribution in [0.3, 0.4) is 0 Å². The lowest BCUT2D eigenvalue weighted by atomic mass is 10.3. The first kappa shape index (κ1) is 14.5. The maximum Gasteiger partial charge on any atom is 0.328 e.